The molecule has 0 rings (SSSR count). The molecule has 2 unspecified atom stereocenters. The van der Waals surface area contributed by atoms with Gasteiger partial charge in [0.25, 0.3) is 0 Å². The Kier molecular flexibility index (Phi) is 8.23. The second-order valence-electron chi connectivity index (χ2n) is 3.25. The first-order chi connectivity index (χ1) is 6.95. The molecule has 0 bridgehead atoms. The van der Waals surface area contributed by atoms with Crippen LogP contribution in [-0.2, 0) is 13.8 Å². The maximum atomic E-state index is 10.6. The van der Waals surface area contributed by atoms with Crippen molar-refractivity contribution in [3.05, 3.63) is 0 Å². The van der Waals surface area contributed by atoms with Crippen molar-refractivity contribution in [1.82, 2.24) is 5.32 Å². The van der Waals surface area contributed by atoms with Crippen molar-refractivity contribution in [2.24, 2.45) is 0 Å². The molecule has 0 aromatic rings. The summed E-state index contributed by atoms with van der Waals surface area (Å²) in [6.07, 6.45) is -0.0560. The summed E-state index contributed by atoms with van der Waals surface area (Å²) >= 11 is 0. The summed E-state index contributed by atoms with van der Waals surface area (Å²) in [6.45, 7) is 2.18. The van der Waals surface area contributed by atoms with E-state index >= 15 is 0 Å². The Balaban J connectivity index is 3.33. The highest BCUT2D eigenvalue weighted by atomic mass is 31.2. The molecule has 0 fully saturated rings. The van der Waals surface area contributed by atoms with Gasteiger partial charge in [0, 0.05) is 13.3 Å². The van der Waals surface area contributed by atoms with Crippen LogP contribution in [0.4, 0.5) is 0 Å². The topological polar surface area (TPSA) is 90.8 Å². The number of rotatable bonds is 9. The monoisotopic (exact) mass is 240 g/mol. The van der Waals surface area contributed by atoms with Crippen molar-refractivity contribution in [1.29, 1.82) is 0 Å². The Morgan fingerprint density at radius 3 is 2.73 bits per heavy atom. The van der Waals surface area contributed by atoms with Gasteiger partial charge in [-0.15, -0.1) is 0 Å². The largest absolute Gasteiger partial charge is 0.779 e. The van der Waals surface area contributed by atoms with E-state index < -0.39 is 13.7 Å². The number of hydrogen-bond donors (Lipinski definition) is 2. The first-order valence-corrected chi connectivity index (χ1v) is 6.78. The number of nitrogens with one attached hydrogen (secondary N) is 1. The lowest BCUT2D eigenvalue weighted by molar-refractivity contribution is -0.198. The van der Waals surface area contributed by atoms with Gasteiger partial charge < -0.3 is 29.1 Å². The average Bonchev–Trinajstić information content (AvgIpc) is 2.13. The van der Waals surface area contributed by atoms with Crippen molar-refractivity contribution in [3.63, 3.8) is 0 Å². The molecule has 0 heterocycles. The van der Waals surface area contributed by atoms with Crippen LogP contribution in [0.3, 0.4) is 0 Å². The van der Waals surface area contributed by atoms with Gasteiger partial charge in [0.05, 0.1) is 13.2 Å². The zero-order chi connectivity index (χ0) is 11.7. The van der Waals surface area contributed by atoms with Gasteiger partial charge in [0.15, 0.2) is 0 Å². The third kappa shape index (κ3) is 12.0. The van der Waals surface area contributed by atoms with Crippen molar-refractivity contribution in [2.75, 3.05) is 40.1 Å². The Bertz CT molecular complexity index is 195. The summed E-state index contributed by atoms with van der Waals surface area (Å²) in [5.74, 6) is 0. The molecule has 0 spiro atoms. The molecule has 2 atom stereocenters. The van der Waals surface area contributed by atoms with Gasteiger partial charge in [-0.1, -0.05) is 0 Å². The fourth-order valence-corrected chi connectivity index (χ4v) is 1.28. The second kappa shape index (κ2) is 8.21. The summed E-state index contributed by atoms with van der Waals surface area (Å²) in [5.41, 5.74) is 0. The van der Waals surface area contributed by atoms with E-state index in [2.05, 4.69) is 9.84 Å². The highest BCUT2D eigenvalue weighted by Crippen LogP contribution is 2.30. The fraction of sp³-hybridized carbons (Fsp3) is 1.00. The van der Waals surface area contributed by atoms with Crippen molar-refractivity contribution >= 4 is 7.60 Å². The predicted molar refractivity (Wildman–Crippen MR) is 54.9 cm³/mol. The predicted octanol–water partition coefficient (Wildman–Crippen LogP) is -0.827. The summed E-state index contributed by atoms with van der Waals surface area (Å²) in [5, 5.41) is 12.2. The molecule has 0 radical (unpaired) electrons. The van der Waals surface area contributed by atoms with Crippen LogP contribution in [0.25, 0.3) is 0 Å². The highest BCUT2D eigenvalue weighted by molar-refractivity contribution is 7.50. The molecule has 0 saturated heterocycles. The van der Waals surface area contributed by atoms with Gasteiger partial charge in [-0.3, -0.25) is 0 Å². The molecule has 0 aliphatic rings. The molecular formula is C8H19NO5P-. The van der Waals surface area contributed by atoms with Gasteiger partial charge in [0.2, 0.25) is 0 Å². The Morgan fingerprint density at radius 1 is 1.53 bits per heavy atom. The fourth-order valence-electron chi connectivity index (χ4n) is 0.840. The molecule has 92 valence electrons. The van der Waals surface area contributed by atoms with E-state index in [0.29, 0.717) is 6.61 Å². The summed E-state index contributed by atoms with van der Waals surface area (Å²) in [6, 6.07) is 0. The van der Waals surface area contributed by atoms with Gasteiger partial charge in [-0.2, -0.15) is 0 Å². The van der Waals surface area contributed by atoms with Crippen LogP contribution < -0.4 is 10.2 Å². The molecule has 2 N–H and O–H groups in total. The van der Waals surface area contributed by atoms with Crippen molar-refractivity contribution < 1.29 is 23.8 Å². The molecule has 0 aromatic heterocycles. The number of ether oxygens (including phenoxy) is 1. The molecule has 0 amide bonds. The smallest absolute Gasteiger partial charge is 0.131 e. The molecule has 7 heteroatoms. The normalized spacial score (nSPS) is 17.3. The quantitative estimate of drug-likeness (QED) is 0.404. The molecule has 0 saturated carbocycles. The Hall–Kier alpha value is 0.0300. The third-order valence-electron chi connectivity index (χ3n) is 1.53. The van der Waals surface area contributed by atoms with E-state index in [1.807, 2.05) is 7.05 Å². The maximum absolute atomic E-state index is 10.6. The summed E-state index contributed by atoms with van der Waals surface area (Å²) in [4.78, 5) is 10.6. The second-order valence-corrected chi connectivity index (χ2v) is 5.05. The van der Waals surface area contributed by atoms with Crippen LogP contribution in [0.5, 0.6) is 0 Å². The van der Waals surface area contributed by atoms with Gasteiger partial charge in [-0.05, 0) is 20.0 Å². The van der Waals surface area contributed by atoms with Crippen LogP contribution in [0.2, 0.25) is 0 Å². The zero-order valence-electron chi connectivity index (χ0n) is 9.14. The minimum absolute atomic E-state index is 0.0870. The Labute approximate surface area is 90.1 Å². The molecular weight excluding hydrogens is 221 g/mol. The number of hydrogen-bond acceptors (Lipinski definition) is 6. The lowest BCUT2D eigenvalue weighted by Gasteiger charge is -2.20. The van der Waals surface area contributed by atoms with E-state index in [9.17, 15) is 14.6 Å². The van der Waals surface area contributed by atoms with Crippen LogP contribution in [-0.4, -0.2) is 51.3 Å². The standard InChI is InChI=1S/C8H20NO5P/c1-9-4-3-5-13-6-8(10)7-14-15(2,11)12/h8-10H,3-7H2,1-2H3,(H,11,12)/p-1. The van der Waals surface area contributed by atoms with E-state index in [-0.39, 0.29) is 13.2 Å². The van der Waals surface area contributed by atoms with E-state index in [1.165, 1.54) is 0 Å². The van der Waals surface area contributed by atoms with Gasteiger partial charge >= 0.3 is 0 Å². The first kappa shape index (κ1) is 15.0. The van der Waals surface area contributed by atoms with E-state index in [1.54, 1.807) is 0 Å². The molecule has 0 aromatic carbocycles. The number of aliphatic hydroxyl groups excluding tert-OH is 1. The Morgan fingerprint density at radius 2 is 2.20 bits per heavy atom. The molecule has 15 heavy (non-hydrogen) atoms. The first-order valence-electron chi connectivity index (χ1n) is 4.79. The summed E-state index contributed by atoms with van der Waals surface area (Å²) in [7, 11) is -1.90. The van der Waals surface area contributed by atoms with Gasteiger partial charge in [0.1, 0.15) is 13.7 Å². The van der Waals surface area contributed by atoms with Crippen LogP contribution in [0.15, 0.2) is 0 Å². The minimum atomic E-state index is -3.74. The lowest BCUT2D eigenvalue weighted by Crippen LogP contribution is -2.23. The SMILES string of the molecule is CNCCCOCC(O)COP(C)(=O)[O-]. The van der Waals surface area contributed by atoms with Gasteiger partial charge in [-0.25, -0.2) is 0 Å². The number of aliphatic hydroxyl groups is 1. The van der Waals surface area contributed by atoms with Crippen LogP contribution in [0.1, 0.15) is 6.42 Å². The van der Waals surface area contributed by atoms with Crippen molar-refractivity contribution in [3.8, 4) is 0 Å². The van der Waals surface area contributed by atoms with E-state index in [0.717, 1.165) is 19.6 Å². The zero-order valence-corrected chi connectivity index (χ0v) is 10.0. The van der Waals surface area contributed by atoms with Crippen LogP contribution >= 0.6 is 7.60 Å². The highest BCUT2D eigenvalue weighted by Gasteiger charge is 2.07. The van der Waals surface area contributed by atoms with Crippen molar-refractivity contribution in [2.45, 2.75) is 12.5 Å². The maximum Gasteiger partial charge on any atom is 0.131 e. The average molecular weight is 240 g/mol. The third-order valence-corrected chi connectivity index (χ3v) is 2.15. The molecule has 0 aliphatic carbocycles. The molecule has 6 nitrogen and oxygen atoms in total. The summed E-state index contributed by atoms with van der Waals surface area (Å²) < 4.78 is 20.1. The van der Waals surface area contributed by atoms with E-state index in [4.69, 9.17) is 4.74 Å². The van der Waals surface area contributed by atoms with Crippen LogP contribution in [0, 0.1) is 0 Å². The minimum Gasteiger partial charge on any atom is -0.779 e. The molecule has 0 aliphatic heterocycles. The lowest BCUT2D eigenvalue weighted by atomic mass is 10.4.